The Morgan fingerprint density at radius 1 is 1.03 bits per heavy atom. The molecule has 29 heavy (non-hydrogen) atoms. The van der Waals surface area contributed by atoms with Crippen molar-refractivity contribution in [3.8, 4) is 11.1 Å². The molecule has 4 heteroatoms. The van der Waals surface area contributed by atoms with Gasteiger partial charge in [-0.15, -0.1) is 0 Å². The van der Waals surface area contributed by atoms with E-state index in [9.17, 15) is 4.39 Å². The van der Waals surface area contributed by atoms with Crippen LogP contribution in [0.2, 0.25) is 0 Å². The molecule has 4 aromatic rings. The van der Waals surface area contributed by atoms with Crippen LogP contribution >= 0.6 is 0 Å². The normalized spacial score (nSPS) is 11.0. The molecule has 4 rings (SSSR count). The largest absolute Gasteiger partial charge is 0.383 e. The fourth-order valence-corrected chi connectivity index (χ4v) is 3.76. The molecular formula is C25H24FN3. The Kier molecular flexibility index (Phi) is 5.17. The number of nitrogens with zero attached hydrogens (tertiary/aromatic N) is 1. The van der Waals surface area contributed by atoms with Crippen LogP contribution in [-0.2, 0) is 6.42 Å². The summed E-state index contributed by atoms with van der Waals surface area (Å²) in [5.41, 5.74) is 7.65. The van der Waals surface area contributed by atoms with E-state index in [4.69, 9.17) is 0 Å². The molecule has 0 amide bonds. The van der Waals surface area contributed by atoms with Crippen LogP contribution in [0.4, 0.5) is 4.39 Å². The molecule has 2 heterocycles. The Morgan fingerprint density at radius 2 is 1.83 bits per heavy atom. The lowest BCUT2D eigenvalue weighted by Crippen LogP contribution is -2.16. The molecule has 0 aliphatic carbocycles. The van der Waals surface area contributed by atoms with Gasteiger partial charge in [-0.25, -0.2) is 4.39 Å². The molecule has 0 saturated heterocycles. The molecular weight excluding hydrogens is 361 g/mol. The highest BCUT2D eigenvalue weighted by atomic mass is 19.1. The third kappa shape index (κ3) is 3.79. The van der Waals surface area contributed by atoms with Gasteiger partial charge >= 0.3 is 0 Å². The Bertz CT molecular complexity index is 1160. The minimum Gasteiger partial charge on any atom is -0.383 e. The number of aromatic amines is 1. The summed E-state index contributed by atoms with van der Waals surface area (Å²) >= 11 is 0. The standard InChI is InChI=1S/C25H24FN3/c1-16-9-11-22(26)25-24(16)21(17(2)29-25)13-14-27-18(3)23-12-10-20(15-28-23)19-7-5-4-6-8-19/h4-12,15,27,29H,3,13-14H2,1-2H3. The maximum atomic E-state index is 14.1. The summed E-state index contributed by atoms with van der Waals surface area (Å²) in [5.74, 6) is -0.208. The number of H-pyrrole nitrogens is 1. The Hall–Kier alpha value is -3.40. The molecule has 0 aliphatic rings. The molecule has 0 fully saturated rings. The van der Waals surface area contributed by atoms with Crippen LogP contribution in [0.1, 0.15) is 22.5 Å². The second-order valence-corrected chi connectivity index (χ2v) is 7.30. The van der Waals surface area contributed by atoms with E-state index in [2.05, 4.69) is 40.1 Å². The van der Waals surface area contributed by atoms with Crippen molar-refractivity contribution in [3.05, 3.63) is 95.7 Å². The highest BCUT2D eigenvalue weighted by molar-refractivity contribution is 5.88. The smallest absolute Gasteiger partial charge is 0.147 e. The zero-order valence-corrected chi connectivity index (χ0v) is 16.7. The van der Waals surface area contributed by atoms with Gasteiger partial charge in [0.2, 0.25) is 0 Å². The highest BCUT2D eigenvalue weighted by Crippen LogP contribution is 2.28. The van der Waals surface area contributed by atoms with Crippen molar-refractivity contribution in [1.82, 2.24) is 15.3 Å². The van der Waals surface area contributed by atoms with Gasteiger partial charge in [0.25, 0.3) is 0 Å². The second-order valence-electron chi connectivity index (χ2n) is 7.30. The van der Waals surface area contributed by atoms with Gasteiger partial charge in [-0.05, 0) is 49.1 Å². The van der Waals surface area contributed by atoms with Gasteiger partial charge in [-0.3, -0.25) is 4.98 Å². The predicted octanol–water partition coefficient (Wildman–Crippen LogP) is 5.79. The quantitative estimate of drug-likeness (QED) is 0.441. The van der Waals surface area contributed by atoms with E-state index in [0.29, 0.717) is 12.1 Å². The number of hydrogen-bond donors (Lipinski definition) is 2. The highest BCUT2D eigenvalue weighted by Gasteiger charge is 2.13. The Balaban J connectivity index is 1.44. The van der Waals surface area contributed by atoms with Crippen molar-refractivity contribution in [1.29, 1.82) is 0 Å². The zero-order valence-electron chi connectivity index (χ0n) is 16.7. The number of pyridine rings is 1. The van der Waals surface area contributed by atoms with E-state index in [0.717, 1.165) is 51.1 Å². The number of nitrogens with one attached hydrogen (secondary N) is 2. The molecule has 0 bridgehead atoms. The fourth-order valence-electron chi connectivity index (χ4n) is 3.76. The molecule has 0 atom stereocenters. The number of aromatic nitrogens is 2. The lowest BCUT2D eigenvalue weighted by Gasteiger charge is -2.11. The molecule has 0 unspecified atom stereocenters. The summed E-state index contributed by atoms with van der Waals surface area (Å²) in [6, 6.07) is 17.6. The minimum absolute atomic E-state index is 0.208. The number of hydrogen-bond acceptors (Lipinski definition) is 2. The number of fused-ring (bicyclic) bond motifs is 1. The van der Waals surface area contributed by atoms with Crippen LogP contribution in [0, 0.1) is 19.7 Å². The van der Waals surface area contributed by atoms with Gasteiger partial charge in [0.1, 0.15) is 5.82 Å². The Morgan fingerprint density at radius 3 is 2.55 bits per heavy atom. The van der Waals surface area contributed by atoms with Gasteiger partial charge in [0.05, 0.1) is 16.9 Å². The van der Waals surface area contributed by atoms with Crippen molar-refractivity contribution in [2.24, 2.45) is 0 Å². The topological polar surface area (TPSA) is 40.7 Å². The molecule has 2 aromatic carbocycles. The van der Waals surface area contributed by atoms with Gasteiger partial charge in [-0.2, -0.15) is 0 Å². The fraction of sp³-hybridized carbons (Fsp3) is 0.160. The maximum absolute atomic E-state index is 14.1. The van der Waals surface area contributed by atoms with E-state index in [1.54, 1.807) is 0 Å². The lowest BCUT2D eigenvalue weighted by atomic mass is 10.0. The van der Waals surface area contributed by atoms with Crippen LogP contribution in [0.15, 0.2) is 67.4 Å². The first kappa shape index (κ1) is 18.9. The number of rotatable bonds is 6. The van der Waals surface area contributed by atoms with Gasteiger partial charge in [-0.1, -0.05) is 49.0 Å². The molecule has 3 nitrogen and oxygen atoms in total. The average Bonchev–Trinajstić information content (AvgIpc) is 3.09. The summed E-state index contributed by atoms with van der Waals surface area (Å²) in [5, 5.41) is 4.34. The number of halogens is 1. The van der Waals surface area contributed by atoms with Crippen molar-refractivity contribution in [3.63, 3.8) is 0 Å². The van der Waals surface area contributed by atoms with Gasteiger partial charge in [0.15, 0.2) is 0 Å². The third-order valence-electron chi connectivity index (χ3n) is 5.32. The average molecular weight is 385 g/mol. The van der Waals surface area contributed by atoms with Gasteiger partial charge in [0, 0.05) is 29.4 Å². The minimum atomic E-state index is -0.208. The number of aryl methyl sites for hydroxylation is 2. The van der Waals surface area contributed by atoms with E-state index in [1.807, 2.05) is 50.4 Å². The molecule has 0 spiro atoms. The van der Waals surface area contributed by atoms with E-state index < -0.39 is 0 Å². The monoisotopic (exact) mass is 385 g/mol. The van der Waals surface area contributed by atoms with Crippen molar-refractivity contribution in [2.75, 3.05) is 6.54 Å². The first-order valence-electron chi connectivity index (χ1n) is 9.75. The van der Waals surface area contributed by atoms with Gasteiger partial charge < -0.3 is 10.3 Å². The SMILES string of the molecule is C=C(NCCc1c(C)[nH]c2c(F)ccc(C)c12)c1ccc(-c2ccccc2)cn1. The molecule has 0 radical (unpaired) electrons. The third-order valence-corrected chi connectivity index (χ3v) is 5.32. The zero-order chi connectivity index (χ0) is 20.4. The van der Waals surface area contributed by atoms with Crippen molar-refractivity contribution >= 4 is 16.6 Å². The summed E-state index contributed by atoms with van der Waals surface area (Å²) in [7, 11) is 0. The predicted molar refractivity (Wildman–Crippen MR) is 118 cm³/mol. The Labute approximate surface area is 170 Å². The molecule has 146 valence electrons. The van der Waals surface area contributed by atoms with Crippen LogP contribution in [0.3, 0.4) is 0 Å². The van der Waals surface area contributed by atoms with E-state index >= 15 is 0 Å². The first-order chi connectivity index (χ1) is 14.0. The molecule has 2 aromatic heterocycles. The van der Waals surface area contributed by atoms with Crippen LogP contribution < -0.4 is 5.32 Å². The molecule has 0 aliphatic heterocycles. The lowest BCUT2D eigenvalue weighted by molar-refractivity contribution is 0.637. The first-order valence-corrected chi connectivity index (χ1v) is 9.75. The summed E-state index contributed by atoms with van der Waals surface area (Å²) in [6.07, 6.45) is 2.64. The van der Waals surface area contributed by atoms with Crippen LogP contribution in [-0.4, -0.2) is 16.5 Å². The molecule has 2 N–H and O–H groups in total. The van der Waals surface area contributed by atoms with Crippen LogP contribution in [0.5, 0.6) is 0 Å². The van der Waals surface area contributed by atoms with Crippen LogP contribution in [0.25, 0.3) is 27.7 Å². The summed E-state index contributed by atoms with van der Waals surface area (Å²) < 4.78 is 14.1. The van der Waals surface area contributed by atoms with Crippen molar-refractivity contribution in [2.45, 2.75) is 20.3 Å². The number of benzene rings is 2. The maximum Gasteiger partial charge on any atom is 0.147 e. The summed E-state index contributed by atoms with van der Waals surface area (Å²) in [4.78, 5) is 7.74. The second kappa shape index (κ2) is 7.92. The van der Waals surface area contributed by atoms with E-state index in [1.165, 1.54) is 6.07 Å². The van der Waals surface area contributed by atoms with Crippen molar-refractivity contribution < 1.29 is 4.39 Å². The summed E-state index contributed by atoms with van der Waals surface area (Å²) in [6.45, 7) is 8.83. The van der Waals surface area contributed by atoms with E-state index in [-0.39, 0.29) is 5.82 Å². The molecule has 0 saturated carbocycles.